The van der Waals surface area contributed by atoms with Crippen molar-refractivity contribution in [2.45, 2.75) is 31.5 Å². The molecule has 0 aliphatic heterocycles. The van der Waals surface area contributed by atoms with Gasteiger partial charge in [-0.2, -0.15) is 5.10 Å². The first-order chi connectivity index (χ1) is 9.72. The van der Waals surface area contributed by atoms with E-state index in [2.05, 4.69) is 20.5 Å². The molecule has 2 aromatic heterocycles. The molecule has 1 saturated carbocycles. The first-order valence-corrected chi connectivity index (χ1v) is 6.66. The summed E-state index contributed by atoms with van der Waals surface area (Å²) in [4.78, 5) is 15.9. The average molecular weight is 275 g/mol. The minimum Gasteiger partial charge on any atom is -0.391 e. The minimum atomic E-state index is -0.501. The maximum atomic E-state index is 11.9. The highest BCUT2D eigenvalue weighted by atomic mass is 16.3. The van der Waals surface area contributed by atoms with Gasteiger partial charge in [-0.1, -0.05) is 0 Å². The second kappa shape index (κ2) is 5.46. The van der Waals surface area contributed by atoms with Gasteiger partial charge >= 0.3 is 0 Å². The molecule has 106 valence electrons. The molecule has 20 heavy (non-hydrogen) atoms. The number of imidazole rings is 1. The van der Waals surface area contributed by atoms with Crippen molar-refractivity contribution in [1.82, 2.24) is 25.1 Å². The van der Waals surface area contributed by atoms with Crippen molar-refractivity contribution in [3.63, 3.8) is 0 Å². The van der Waals surface area contributed by atoms with E-state index >= 15 is 0 Å². The van der Waals surface area contributed by atoms with E-state index in [4.69, 9.17) is 0 Å². The molecule has 0 bridgehead atoms. The van der Waals surface area contributed by atoms with E-state index < -0.39 is 6.10 Å². The lowest BCUT2D eigenvalue weighted by molar-refractivity contribution is 0.0873. The summed E-state index contributed by atoms with van der Waals surface area (Å²) in [6, 6.07) is -0.203. The van der Waals surface area contributed by atoms with Gasteiger partial charge in [0.15, 0.2) is 0 Å². The molecule has 1 aliphatic carbocycles. The van der Waals surface area contributed by atoms with Crippen LogP contribution in [0.4, 0.5) is 0 Å². The number of carbonyl (C=O) groups is 1. The first-order valence-electron chi connectivity index (χ1n) is 6.66. The van der Waals surface area contributed by atoms with Crippen molar-refractivity contribution in [2.75, 3.05) is 0 Å². The molecule has 0 aromatic carbocycles. The van der Waals surface area contributed by atoms with E-state index in [1.54, 1.807) is 18.7 Å². The molecular weight excluding hydrogens is 258 g/mol. The predicted octanol–water partition coefficient (Wildman–Crippen LogP) is 0.176. The number of hydrogen-bond acceptors (Lipinski definition) is 4. The van der Waals surface area contributed by atoms with E-state index in [0.717, 1.165) is 13.0 Å². The van der Waals surface area contributed by atoms with Crippen LogP contribution in [0.2, 0.25) is 0 Å². The zero-order valence-corrected chi connectivity index (χ0v) is 10.9. The monoisotopic (exact) mass is 275 g/mol. The first kappa shape index (κ1) is 12.9. The maximum Gasteiger partial charge on any atom is 0.254 e. The molecule has 3 N–H and O–H groups in total. The second-order valence-corrected chi connectivity index (χ2v) is 5.23. The Morgan fingerprint density at radius 1 is 1.55 bits per heavy atom. The van der Waals surface area contributed by atoms with Gasteiger partial charge < -0.3 is 15.0 Å². The number of hydrogen-bond donors (Lipinski definition) is 3. The number of carbonyl (C=O) groups excluding carboxylic acids is 1. The van der Waals surface area contributed by atoms with Crippen LogP contribution in [-0.4, -0.2) is 42.9 Å². The van der Waals surface area contributed by atoms with Crippen molar-refractivity contribution >= 4 is 5.91 Å². The standard InChI is InChI=1S/C13H17N5O2/c19-12-4-9(7-18-2-1-14-8-18)3-11(12)17-13(20)10-5-15-16-6-10/h1-2,5-6,8-9,11-12,19H,3-4,7H2,(H,15,16)(H,17,20)/t9?,11-,12-/m1/s1. The summed E-state index contributed by atoms with van der Waals surface area (Å²) in [5.41, 5.74) is 0.482. The van der Waals surface area contributed by atoms with Gasteiger partial charge in [0.1, 0.15) is 0 Å². The van der Waals surface area contributed by atoms with Crippen LogP contribution in [0.25, 0.3) is 0 Å². The van der Waals surface area contributed by atoms with Crippen molar-refractivity contribution < 1.29 is 9.90 Å². The largest absolute Gasteiger partial charge is 0.391 e. The van der Waals surface area contributed by atoms with Crippen molar-refractivity contribution in [1.29, 1.82) is 0 Å². The van der Waals surface area contributed by atoms with Gasteiger partial charge in [-0.3, -0.25) is 9.89 Å². The fourth-order valence-corrected chi connectivity index (χ4v) is 2.74. The molecule has 0 radical (unpaired) electrons. The number of aliphatic hydroxyl groups is 1. The van der Waals surface area contributed by atoms with Crippen LogP contribution in [0.1, 0.15) is 23.2 Å². The Kier molecular flexibility index (Phi) is 3.51. The molecule has 0 spiro atoms. The van der Waals surface area contributed by atoms with Crippen LogP contribution in [0.5, 0.6) is 0 Å². The summed E-state index contributed by atoms with van der Waals surface area (Å²) in [6.07, 6.45) is 9.38. The Morgan fingerprint density at radius 2 is 2.45 bits per heavy atom. The van der Waals surface area contributed by atoms with Gasteiger partial charge in [0.25, 0.3) is 5.91 Å². The Labute approximate surface area is 116 Å². The highest BCUT2D eigenvalue weighted by molar-refractivity contribution is 5.93. The quantitative estimate of drug-likeness (QED) is 0.741. The van der Waals surface area contributed by atoms with E-state index in [-0.39, 0.29) is 11.9 Å². The van der Waals surface area contributed by atoms with Crippen LogP contribution >= 0.6 is 0 Å². The van der Waals surface area contributed by atoms with Crippen LogP contribution < -0.4 is 5.32 Å². The molecule has 2 aromatic rings. The molecule has 7 heteroatoms. The topological polar surface area (TPSA) is 95.8 Å². The zero-order chi connectivity index (χ0) is 13.9. The highest BCUT2D eigenvalue weighted by Gasteiger charge is 2.34. The van der Waals surface area contributed by atoms with Gasteiger partial charge in [-0.15, -0.1) is 0 Å². The van der Waals surface area contributed by atoms with E-state index in [1.807, 2.05) is 10.8 Å². The summed E-state index contributed by atoms with van der Waals surface area (Å²) in [5, 5.41) is 19.3. The number of amides is 1. The summed E-state index contributed by atoms with van der Waals surface area (Å²) in [5.74, 6) is 0.139. The molecule has 1 amide bonds. The number of aromatic amines is 1. The van der Waals surface area contributed by atoms with Gasteiger partial charge in [0, 0.05) is 25.1 Å². The van der Waals surface area contributed by atoms with Crippen LogP contribution in [0.3, 0.4) is 0 Å². The van der Waals surface area contributed by atoms with Crippen molar-refractivity contribution in [3.05, 3.63) is 36.7 Å². The number of aliphatic hydroxyl groups excluding tert-OH is 1. The number of aromatic nitrogens is 4. The van der Waals surface area contributed by atoms with Crippen LogP contribution in [0.15, 0.2) is 31.1 Å². The fraction of sp³-hybridized carbons (Fsp3) is 0.462. The number of rotatable bonds is 4. The number of H-pyrrole nitrogens is 1. The van der Waals surface area contributed by atoms with Crippen molar-refractivity contribution in [2.24, 2.45) is 5.92 Å². The summed E-state index contributed by atoms with van der Waals surface area (Å²) in [7, 11) is 0. The molecule has 7 nitrogen and oxygen atoms in total. The number of nitrogens with zero attached hydrogens (tertiary/aromatic N) is 3. The molecule has 1 aliphatic rings. The predicted molar refractivity (Wildman–Crippen MR) is 70.8 cm³/mol. The Bertz CT molecular complexity index is 551. The minimum absolute atomic E-state index is 0.203. The van der Waals surface area contributed by atoms with Gasteiger partial charge in [0.05, 0.1) is 30.2 Å². The number of nitrogens with one attached hydrogen (secondary N) is 2. The summed E-state index contributed by atoms with van der Waals surface area (Å²) >= 11 is 0. The Balaban J connectivity index is 1.57. The average Bonchev–Trinajstić information content (AvgIpc) is 3.14. The Morgan fingerprint density at radius 3 is 3.15 bits per heavy atom. The fourth-order valence-electron chi connectivity index (χ4n) is 2.74. The van der Waals surface area contributed by atoms with Crippen molar-refractivity contribution in [3.8, 4) is 0 Å². The lowest BCUT2D eigenvalue weighted by Crippen LogP contribution is -2.39. The van der Waals surface area contributed by atoms with E-state index in [9.17, 15) is 9.90 Å². The SMILES string of the molecule is O=C(N[C@@H]1CC(Cn2ccnc2)C[C@H]1O)c1cn[nH]c1. The molecule has 0 saturated heterocycles. The molecule has 3 atom stereocenters. The van der Waals surface area contributed by atoms with Crippen LogP contribution in [-0.2, 0) is 6.54 Å². The van der Waals surface area contributed by atoms with E-state index in [1.165, 1.54) is 6.20 Å². The third-order valence-electron chi connectivity index (χ3n) is 3.73. The van der Waals surface area contributed by atoms with Gasteiger partial charge in [-0.05, 0) is 18.8 Å². The normalized spacial score (nSPS) is 25.8. The maximum absolute atomic E-state index is 11.9. The van der Waals surface area contributed by atoms with Crippen LogP contribution in [0, 0.1) is 5.92 Å². The Hall–Kier alpha value is -2.15. The van der Waals surface area contributed by atoms with Gasteiger partial charge in [-0.25, -0.2) is 4.98 Å². The zero-order valence-electron chi connectivity index (χ0n) is 10.9. The molecule has 2 heterocycles. The highest BCUT2D eigenvalue weighted by Crippen LogP contribution is 2.27. The van der Waals surface area contributed by atoms with Gasteiger partial charge in [0.2, 0.25) is 0 Å². The lowest BCUT2D eigenvalue weighted by atomic mass is 10.1. The molecule has 3 rings (SSSR count). The summed E-state index contributed by atoms with van der Waals surface area (Å²) < 4.78 is 2.00. The lowest BCUT2D eigenvalue weighted by Gasteiger charge is -2.15. The third-order valence-corrected chi connectivity index (χ3v) is 3.73. The molecule has 1 fully saturated rings. The molecular formula is C13H17N5O2. The van der Waals surface area contributed by atoms with E-state index in [0.29, 0.717) is 17.9 Å². The molecule has 1 unspecified atom stereocenters. The smallest absolute Gasteiger partial charge is 0.254 e. The summed E-state index contributed by atoms with van der Waals surface area (Å²) in [6.45, 7) is 0.815. The second-order valence-electron chi connectivity index (χ2n) is 5.23. The third kappa shape index (κ3) is 2.72.